The van der Waals surface area contributed by atoms with Gasteiger partial charge in [-0.15, -0.1) is 0 Å². The lowest BCUT2D eigenvalue weighted by Gasteiger charge is -2.12. The summed E-state index contributed by atoms with van der Waals surface area (Å²) in [6, 6.07) is 30.1. The molecule has 0 fully saturated rings. The average molecular weight is 468 g/mol. The molecular weight excluding hydrogens is 442 g/mol. The number of hydrogen-bond donors (Lipinski definition) is 0. The fourth-order valence-corrected chi connectivity index (χ4v) is 5.35. The van der Waals surface area contributed by atoms with Gasteiger partial charge >= 0.3 is 0 Å². The molecule has 0 aliphatic carbocycles. The van der Waals surface area contributed by atoms with Crippen molar-refractivity contribution in [1.82, 2.24) is 24.1 Å². The van der Waals surface area contributed by atoms with Gasteiger partial charge in [0.25, 0.3) is 0 Å². The first kappa shape index (κ1) is 20.8. The molecule has 0 unspecified atom stereocenters. The summed E-state index contributed by atoms with van der Waals surface area (Å²) < 4.78 is 4.36. The van der Waals surface area contributed by atoms with Crippen molar-refractivity contribution in [3.8, 4) is 11.9 Å². The highest BCUT2D eigenvalue weighted by molar-refractivity contribution is 6.10. The topological polar surface area (TPSA) is 48.5 Å². The molecule has 0 saturated heterocycles. The zero-order valence-electron chi connectivity index (χ0n) is 20.5. The number of fused-ring (bicyclic) bond motifs is 6. The number of aromatic nitrogens is 5. The van der Waals surface area contributed by atoms with E-state index < -0.39 is 0 Å². The molecule has 0 spiro atoms. The van der Waals surface area contributed by atoms with E-state index >= 15 is 0 Å². The number of aryl methyl sites for hydroxylation is 3. The van der Waals surface area contributed by atoms with E-state index in [0.29, 0.717) is 11.9 Å². The Morgan fingerprint density at radius 3 is 1.47 bits per heavy atom. The fraction of sp³-hybridized carbons (Fsp3) is 0.129. The van der Waals surface area contributed by atoms with Crippen molar-refractivity contribution in [2.24, 2.45) is 0 Å². The molecule has 4 aromatic carbocycles. The van der Waals surface area contributed by atoms with Crippen molar-refractivity contribution in [2.75, 3.05) is 0 Å². The fourth-order valence-electron chi connectivity index (χ4n) is 5.35. The molecule has 7 rings (SSSR count). The molecule has 36 heavy (non-hydrogen) atoms. The molecular formula is C31H25N5. The summed E-state index contributed by atoms with van der Waals surface area (Å²) in [5.41, 5.74) is 6.80. The van der Waals surface area contributed by atoms with Crippen LogP contribution >= 0.6 is 0 Å². The van der Waals surface area contributed by atoms with Crippen LogP contribution in [0.5, 0.6) is 0 Å². The molecule has 0 bridgehead atoms. The van der Waals surface area contributed by atoms with Crippen molar-refractivity contribution < 1.29 is 0 Å². The Hall–Kier alpha value is -4.51. The van der Waals surface area contributed by atoms with Crippen molar-refractivity contribution >= 4 is 43.6 Å². The third kappa shape index (κ3) is 2.99. The van der Waals surface area contributed by atoms with Crippen molar-refractivity contribution in [1.29, 1.82) is 0 Å². The van der Waals surface area contributed by atoms with E-state index in [4.69, 9.17) is 15.0 Å². The predicted octanol–water partition coefficient (Wildman–Crippen LogP) is 7.25. The van der Waals surface area contributed by atoms with E-state index in [9.17, 15) is 0 Å². The van der Waals surface area contributed by atoms with Gasteiger partial charge in [-0.3, -0.25) is 9.13 Å². The molecule has 0 aliphatic heterocycles. The predicted molar refractivity (Wildman–Crippen MR) is 147 cm³/mol. The van der Waals surface area contributed by atoms with Crippen LogP contribution in [0.1, 0.15) is 23.9 Å². The first-order valence-corrected chi connectivity index (χ1v) is 12.4. The lowest BCUT2D eigenvalue weighted by molar-refractivity contribution is 0.820. The molecule has 0 atom stereocenters. The third-order valence-electron chi connectivity index (χ3n) is 7.03. The van der Waals surface area contributed by atoms with Crippen molar-refractivity contribution in [2.45, 2.75) is 27.2 Å². The van der Waals surface area contributed by atoms with Crippen LogP contribution < -0.4 is 0 Å². The van der Waals surface area contributed by atoms with E-state index in [-0.39, 0.29) is 0 Å². The van der Waals surface area contributed by atoms with Gasteiger partial charge in [0.1, 0.15) is 5.82 Å². The van der Waals surface area contributed by atoms with Crippen molar-refractivity contribution in [3.05, 3.63) is 102 Å². The minimum atomic E-state index is 0.643. The number of hydrogen-bond acceptors (Lipinski definition) is 3. The van der Waals surface area contributed by atoms with Gasteiger partial charge in [-0.25, -0.2) is 0 Å². The van der Waals surface area contributed by atoms with Crippen LogP contribution in [0.3, 0.4) is 0 Å². The summed E-state index contributed by atoms with van der Waals surface area (Å²) in [6.07, 6.45) is 0.717. The Morgan fingerprint density at radius 1 is 0.528 bits per heavy atom. The second kappa shape index (κ2) is 7.75. The Morgan fingerprint density at radius 2 is 0.972 bits per heavy atom. The van der Waals surface area contributed by atoms with Crippen LogP contribution in [0.25, 0.3) is 55.5 Å². The second-order valence-electron chi connectivity index (χ2n) is 9.45. The van der Waals surface area contributed by atoms with Crippen LogP contribution in [0.4, 0.5) is 0 Å². The van der Waals surface area contributed by atoms with Crippen LogP contribution in [0, 0.1) is 13.8 Å². The van der Waals surface area contributed by atoms with Crippen molar-refractivity contribution in [3.63, 3.8) is 0 Å². The molecule has 0 aliphatic rings. The molecule has 3 aromatic heterocycles. The maximum absolute atomic E-state index is 5.13. The van der Waals surface area contributed by atoms with Gasteiger partial charge in [0.05, 0.1) is 22.1 Å². The largest absolute Gasteiger partial charge is 0.278 e. The van der Waals surface area contributed by atoms with Gasteiger partial charge in [-0.05, 0) is 49.2 Å². The Balaban J connectivity index is 1.60. The molecule has 0 saturated carbocycles. The first-order chi connectivity index (χ1) is 17.6. The summed E-state index contributed by atoms with van der Waals surface area (Å²) >= 11 is 0. The third-order valence-corrected chi connectivity index (χ3v) is 7.03. The minimum absolute atomic E-state index is 0.643. The van der Waals surface area contributed by atoms with E-state index in [0.717, 1.165) is 34.3 Å². The lowest BCUT2D eigenvalue weighted by atomic mass is 10.1. The van der Waals surface area contributed by atoms with Gasteiger partial charge in [-0.1, -0.05) is 67.6 Å². The zero-order valence-corrected chi connectivity index (χ0v) is 20.5. The van der Waals surface area contributed by atoms with Gasteiger partial charge in [0.15, 0.2) is 0 Å². The number of para-hydroxylation sites is 2. The maximum atomic E-state index is 5.13. The van der Waals surface area contributed by atoms with Crippen LogP contribution in [-0.4, -0.2) is 24.1 Å². The van der Waals surface area contributed by atoms with Gasteiger partial charge in [0.2, 0.25) is 11.9 Å². The summed E-state index contributed by atoms with van der Waals surface area (Å²) in [4.78, 5) is 15.0. The lowest BCUT2D eigenvalue weighted by Crippen LogP contribution is -2.11. The van der Waals surface area contributed by atoms with Gasteiger partial charge in [-0.2, -0.15) is 15.0 Å². The highest BCUT2D eigenvalue weighted by Crippen LogP contribution is 2.34. The van der Waals surface area contributed by atoms with Crippen LogP contribution in [-0.2, 0) is 6.42 Å². The molecule has 174 valence electrons. The first-order valence-electron chi connectivity index (χ1n) is 12.4. The number of benzene rings is 4. The normalized spacial score (nSPS) is 11.9. The average Bonchev–Trinajstić information content (AvgIpc) is 3.40. The number of rotatable bonds is 3. The Bertz CT molecular complexity index is 1850. The van der Waals surface area contributed by atoms with Gasteiger partial charge in [0, 0.05) is 28.0 Å². The smallest absolute Gasteiger partial charge is 0.239 e. The van der Waals surface area contributed by atoms with Crippen LogP contribution in [0.2, 0.25) is 0 Å². The zero-order chi connectivity index (χ0) is 24.4. The summed E-state index contributed by atoms with van der Waals surface area (Å²) in [7, 11) is 0. The van der Waals surface area contributed by atoms with E-state index in [1.165, 1.54) is 32.7 Å². The van der Waals surface area contributed by atoms with E-state index in [1.807, 2.05) is 0 Å². The molecule has 0 radical (unpaired) electrons. The highest BCUT2D eigenvalue weighted by Gasteiger charge is 2.19. The quantitative estimate of drug-likeness (QED) is 0.275. The minimum Gasteiger partial charge on any atom is -0.278 e. The highest BCUT2D eigenvalue weighted by atomic mass is 15.3. The van der Waals surface area contributed by atoms with E-state index in [2.05, 4.69) is 115 Å². The molecule has 5 nitrogen and oxygen atoms in total. The Kier molecular flexibility index (Phi) is 4.48. The van der Waals surface area contributed by atoms with Gasteiger partial charge < -0.3 is 0 Å². The van der Waals surface area contributed by atoms with E-state index in [1.54, 1.807) is 0 Å². The SMILES string of the molecule is CCc1nc(-n2c3ccccc3c3ccccc32)nc(-n2c3cc(C)ccc3c3ccc(C)cc32)n1. The molecule has 0 N–H and O–H groups in total. The monoisotopic (exact) mass is 467 g/mol. The number of nitrogens with zero attached hydrogens (tertiary/aromatic N) is 5. The standard InChI is InChI=1S/C31H25N5/c1-4-29-32-30(35-25-11-7-5-9-21(25)22-10-6-8-12-26(22)35)34-31(33-29)36-27-17-19(2)13-15-23(27)24-16-14-20(3)18-28(24)36/h5-18H,4H2,1-3H3. The van der Waals surface area contributed by atoms with Crippen LogP contribution in [0.15, 0.2) is 84.9 Å². The molecule has 7 aromatic rings. The second-order valence-corrected chi connectivity index (χ2v) is 9.45. The maximum Gasteiger partial charge on any atom is 0.239 e. The summed E-state index contributed by atoms with van der Waals surface area (Å²) in [6.45, 7) is 6.34. The molecule has 5 heteroatoms. The summed E-state index contributed by atoms with van der Waals surface area (Å²) in [5.74, 6) is 2.06. The molecule has 3 heterocycles. The molecule has 0 amide bonds. The summed E-state index contributed by atoms with van der Waals surface area (Å²) in [5, 5.41) is 4.78. The Labute approximate surface area is 208 Å².